The van der Waals surface area contributed by atoms with Crippen LogP contribution in [0.1, 0.15) is 43.2 Å². The van der Waals surface area contributed by atoms with Crippen molar-refractivity contribution in [1.29, 1.82) is 0 Å². The first-order valence-corrected chi connectivity index (χ1v) is 7.39. The molecule has 0 amide bonds. The summed E-state index contributed by atoms with van der Waals surface area (Å²) in [5, 5.41) is 0. The molecular weight excluding hydrogens is 220 g/mol. The van der Waals surface area contributed by atoms with E-state index in [4.69, 9.17) is 5.73 Å². The first-order valence-electron chi connectivity index (χ1n) is 7.39. The molecule has 2 N–H and O–H groups in total. The molecule has 2 nitrogen and oxygen atoms in total. The lowest BCUT2D eigenvalue weighted by atomic mass is 9.93. The average molecular weight is 244 g/mol. The zero-order valence-electron chi connectivity index (χ0n) is 11.1. The minimum atomic E-state index is 0.710. The number of rotatable bonds is 2. The molecule has 0 saturated heterocycles. The number of hydrogen-bond donors (Lipinski definition) is 1. The summed E-state index contributed by atoms with van der Waals surface area (Å²) < 4.78 is 0. The molecule has 1 aliphatic heterocycles. The van der Waals surface area contributed by atoms with Crippen molar-refractivity contribution in [3.05, 3.63) is 35.4 Å². The van der Waals surface area contributed by atoms with E-state index in [1.165, 1.54) is 43.2 Å². The molecule has 0 bridgehead atoms. The van der Waals surface area contributed by atoms with Crippen LogP contribution in [0.3, 0.4) is 0 Å². The van der Waals surface area contributed by atoms with Gasteiger partial charge in [-0.2, -0.15) is 0 Å². The highest BCUT2D eigenvalue weighted by Gasteiger charge is 2.31. The monoisotopic (exact) mass is 244 g/mol. The lowest BCUT2D eigenvalue weighted by molar-refractivity contribution is 0.135. The summed E-state index contributed by atoms with van der Waals surface area (Å²) in [6.45, 7) is 3.13. The maximum atomic E-state index is 6.01. The van der Waals surface area contributed by atoms with Gasteiger partial charge in [-0.25, -0.2) is 0 Å². The summed E-state index contributed by atoms with van der Waals surface area (Å²) in [7, 11) is 0. The Balaban J connectivity index is 1.75. The normalized spacial score (nSPS) is 28.9. The third-order valence-electron chi connectivity index (χ3n) is 4.76. The Morgan fingerprint density at radius 1 is 1.00 bits per heavy atom. The van der Waals surface area contributed by atoms with Gasteiger partial charge in [-0.05, 0) is 36.4 Å². The quantitative estimate of drug-likeness (QED) is 0.811. The van der Waals surface area contributed by atoms with Crippen LogP contribution >= 0.6 is 0 Å². The second-order valence-electron chi connectivity index (χ2n) is 5.87. The molecule has 0 spiro atoms. The molecule has 1 aliphatic carbocycles. The SMILES string of the molecule is NCC1CCCCCC1N1Cc2ccccc2C1. The van der Waals surface area contributed by atoms with E-state index in [-0.39, 0.29) is 0 Å². The van der Waals surface area contributed by atoms with Crippen LogP contribution in [0, 0.1) is 5.92 Å². The maximum Gasteiger partial charge on any atom is 0.0243 e. The predicted octanol–water partition coefficient (Wildman–Crippen LogP) is 2.91. The van der Waals surface area contributed by atoms with Crippen LogP contribution in [0.5, 0.6) is 0 Å². The first-order chi connectivity index (χ1) is 8.88. The molecule has 2 atom stereocenters. The minimum absolute atomic E-state index is 0.710. The zero-order valence-corrected chi connectivity index (χ0v) is 11.1. The number of hydrogen-bond acceptors (Lipinski definition) is 2. The van der Waals surface area contributed by atoms with Crippen LogP contribution in [-0.2, 0) is 13.1 Å². The fourth-order valence-corrected chi connectivity index (χ4v) is 3.71. The Labute approximate surface area is 110 Å². The van der Waals surface area contributed by atoms with Crippen LogP contribution in [0.2, 0.25) is 0 Å². The lowest BCUT2D eigenvalue weighted by Crippen LogP contribution is -2.39. The van der Waals surface area contributed by atoms with E-state index in [1.54, 1.807) is 0 Å². The Kier molecular flexibility index (Phi) is 3.67. The smallest absolute Gasteiger partial charge is 0.0243 e. The molecule has 0 radical (unpaired) electrons. The van der Waals surface area contributed by atoms with Crippen molar-refractivity contribution in [2.75, 3.05) is 6.54 Å². The van der Waals surface area contributed by atoms with Crippen molar-refractivity contribution in [2.24, 2.45) is 11.7 Å². The number of nitrogens with two attached hydrogens (primary N) is 1. The molecule has 2 unspecified atom stereocenters. The zero-order chi connectivity index (χ0) is 12.4. The van der Waals surface area contributed by atoms with Crippen molar-refractivity contribution in [2.45, 2.75) is 51.2 Å². The molecule has 18 heavy (non-hydrogen) atoms. The highest BCUT2D eigenvalue weighted by Crippen LogP contribution is 2.32. The molecular formula is C16H24N2. The topological polar surface area (TPSA) is 29.3 Å². The molecule has 2 heteroatoms. The van der Waals surface area contributed by atoms with Gasteiger partial charge in [-0.3, -0.25) is 4.90 Å². The van der Waals surface area contributed by atoms with E-state index < -0.39 is 0 Å². The van der Waals surface area contributed by atoms with Crippen LogP contribution in [0.15, 0.2) is 24.3 Å². The molecule has 1 heterocycles. The van der Waals surface area contributed by atoms with Crippen LogP contribution < -0.4 is 5.73 Å². The minimum Gasteiger partial charge on any atom is -0.330 e. The standard InChI is InChI=1S/C16H24N2/c17-10-13-6-2-1-3-9-16(13)18-11-14-7-4-5-8-15(14)12-18/h4-5,7-8,13,16H,1-3,6,9-12,17H2. The van der Waals surface area contributed by atoms with Crippen molar-refractivity contribution in [3.8, 4) is 0 Å². The van der Waals surface area contributed by atoms with Gasteiger partial charge in [0.25, 0.3) is 0 Å². The van der Waals surface area contributed by atoms with E-state index in [2.05, 4.69) is 29.2 Å². The summed E-state index contributed by atoms with van der Waals surface area (Å²) in [6, 6.07) is 9.60. The Morgan fingerprint density at radius 3 is 2.33 bits per heavy atom. The Hall–Kier alpha value is -0.860. The first kappa shape index (κ1) is 12.2. The Bertz CT molecular complexity index is 377. The molecule has 1 aromatic carbocycles. The number of benzene rings is 1. The van der Waals surface area contributed by atoms with Gasteiger partial charge in [0.15, 0.2) is 0 Å². The fourth-order valence-electron chi connectivity index (χ4n) is 3.71. The summed E-state index contributed by atoms with van der Waals surface area (Å²) >= 11 is 0. The summed E-state index contributed by atoms with van der Waals surface area (Å²) in [6.07, 6.45) is 6.82. The van der Waals surface area contributed by atoms with Crippen LogP contribution in [0.4, 0.5) is 0 Å². The van der Waals surface area contributed by atoms with E-state index in [0.717, 1.165) is 19.6 Å². The van der Waals surface area contributed by atoms with Crippen molar-refractivity contribution < 1.29 is 0 Å². The lowest BCUT2D eigenvalue weighted by Gasteiger charge is -2.32. The molecule has 0 aromatic heterocycles. The van der Waals surface area contributed by atoms with E-state index in [1.807, 2.05) is 0 Å². The van der Waals surface area contributed by atoms with Crippen LogP contribution in [-0.4, -0.2) is 17.5 Å². The second kappa shape index (κ2) is 5.41. The molecule has 2 aliphatic rings. The predicted molar refractivity (Wildman–Crippen MR) is 75.1 cm³/mol. The summed E-state index contributed by atoms with van der Waals surface area (Å²) in [5.41, 5.74) is 9.06. The molecule has 1 fully saturated rings. The van der Waals surface area contributed by atoms with Gasteiger partial charge >= 0.3 is 0 Å². The van der Waals surface area contributed by atoms with Crippen molar-refractivity contribution in [1.82, 2.24) is 4.90 Å². The van der Waals surface area contributed by atoms with Gasteiger partial charge < -0.3 is 5.73 Å². The molecule has 98 valence electrons. The maximum absolute atomic E-state index is 6.01. The largest absolute Gasteiger partial charge is 0.330 e. The van der Waals surface area contributed by atoms with Crippen LogP contribution in [0.25, 0.3) is 0 Å². The van der Waals surface area contributed by atoms with Gasteiger partial charge in [0, 0.05) is 19.1 Å². The van der Waals surface area contributed by atoms with Gasteiger partial charge in [0.2, 0.25) is 0 Å². The fraction of sp³-hybridized carbons (Fsp3) is 0.625. The molecule has 1 saturated carbocycles. The highest BCUT2D eigenvalue weighted by molar-refractivity contribution is 5.30. The van der Waals surface area contributed by atoms with Gasteiger partial charge in [-0.15, -0.1) is 0 Å². The highest BCUT2D eigenvalue weighted by atomic mass is 15.2. The van der Waals surface area contributed by atoms with Gasteiger partial charge in [-0.1, -0.05) is 43.5 Å². The molecule has 1 aromatic rings. The summed E-state index contributed by atoms with van der Waals surface area (Å²) in [4.78, 5) is 2.67. The third-order valence-corrected chi connectivity index (χ3v) is 4.76. The number of fused-ring (bicyclic) bond motifs is 1. The van der Waals surface area contributed by atoms with Gasteiger partial charge in [0.05, 0.1) is 0 Å². The number of nitrogens with zero attached hydrogens (tertiary/aromatic N) is 1. The van der Waals surface area contributed by atoms with E-state index >= 15 is 0 Å². The third kappa shape index (κ3) is 2.32. The molecule has 3 rings (SSSR count). The summed E-state index contributed by atoms with van der Waals surface area (Å²) in [5.74, 6) is 0.710. The van der Waals surface area contributed by atoms with E-state index in [0.29, 0.717) is 12.0 Å². The Morgan fingerprint density at radius 2 is 1.67 bits per heavy atom. The van der Waals surface area contributed by atoms with Gasteiger partial charge in [0.1, 0.15) is 0 Å². The second-order valence-corrected chi connectivity index (χ2v) is 5.87. The van der Waals surface area contributed by atoms with Crippen molar-refractivity contribution in [3.63, 3.8) is 0 Å². The average Bonchev–Trinajstić information content (AvgIpc) is 2.68. The van der Waals surface area contributed by atoms with E-state index in [9.17, 15) is 0 Å². The van der Waals surface area contributed by atoms with Crippen molar-refractivity contribution >= 4 is 0 Å².